The Kier molecular flexibility index (Phi) is 7.03. The van der Waals surface area contributed by atoms with Crippen LogP contribution in [0.5, 0.6) is 0 Å². The number of aryl methyl sites for hydroxylation is 1. The Morgan fingerprint density at radius 1 is 1.20 bits per heavy atom. The molecule has 2 N–H and O–H groups in total. The zero-order valence-corrected chi connectivity index (χ0v) is 13.9. The first kappa shape index (κ1) is 17.0. The van der Waals surface area contributed by atoms with Crippen molar-refractivity contribution in [3.05, 3.63) is 28.5 Å². The lowest BCUT2D eigenvalue weighted by molar-refractivity contribution is 0.614. The molecule has 20 heavy (non-hydrogen) atoms. The second kappa shape index (κ2) is 8.28. The van der Waals surface area contributed by atoms with Gasteiger partial charge in [-0.25, -0.2) is 4.98 Å². The van der Waals surface area contributed by atoms with Crippen LogP contribution in [0.4, 0.5) is 0 Å². The van der Waals surface area contributed by atoms with Gasteiger partial charge in [-0.2, -0.15) is 0 Å². The Morgan fingerprint density at radius 2 is 1.90 bits per heavy atom. The van der Waals surface area contributed by atoms with Gasteiger partial charge < -0.3 is 10.3 Å². The molecule has 0 amide bonds. The zero-order chi connectivity index (χ0) is 15.1. The highest BCUT2D eigenvalue weighted by Gasteiger charge is 2.20. The molecule has 1 saturated heterocycles. The number of hydrogen-bond acceptors (Lipinski definition) is 2. The van der Waals surface area contributed by atoms with Crippen molar-refractivity contribution in [2.75, 3.05) is 6.54 Å². The second-order valence-corrected chi connectivity index (χ2v) is 4.75. The zero-order valence-electron chi connectivity index (χ0n) is 13.2. The molecule has 0 unspecified atom stereocenters. The Balaban J connectivity index is 0.000000461. The molecule has 0 saturated carbocycles. The van der Waals surface area contributed by atoms with Gasteiger partial charge in [0.2, 0.25) is 0 Å². The maximum Gasteiger partial charge on any atom is 0.124 e. The smallest absolute Gasteiger partial charge is 0.124 e. The molecular weight excluding hydrogens is 270 g/mol. The summed E-state index contributed by atoms with van der Waals surface area (Å²) in [4.78, 5) is 8.03. The number of aromatic amines is 1. The minimum absolute atomic E-state index is 0.380. The lowest BCUT2D eigenvalue weighted by Crippen LogP contribution is -2.14. The summed E-state index contributed by atoms with van der Waals surface area (Å²) in [6.07, 6.45) is 2.38. The van der Waals surface area contributed by atoms with E-state index < -0.39 is 0 Å². The minimum Gasteiger partial charge on any atom is -0.341 e. The van der Waals surface area contributed by atoms with E-state index in [0.717, 1.165) is 40.4 Å². The molecule has 1 atom stereocenters. The summed E-state index contributed by atoms with van der Waals surface area (Å²) in [7, 11) is 0. The molecular formula is C16H26ClN3. The molecule has 3 nitrogen and oxygen atoms in total. The van der Waals surface area contributed by atoms with Gasteiger partial charge in [0.1, 0.15) is 5.82 Å². The molecule has 0 radical (unpaired) electrons. The highest BCUT2D eigenvalue weighted by atomic mass is 35.5. The third-order valence-corrected chi connectivity index (χ3v) is 3.66. The molecule has 1 aromatic carbocycles. The van der Waals surface area contributed by atoms with Gasteiger partial charge in [0.05, 0.1) is 17.1 Å². The molecule has 1 fully saturated rings. The first-order chi connectivity index (χ1) is 9.75. The van der Waals surface area contributed by atoms with Crippen LogP contribution in [0, 0.1) is 6.92 Å². The fourth-order valence-corrected chi connectivity index (χ4v) is 2.44. The molecule has 112 valence electrons. The molecule has 1 aliphatic heterocycles. The molecule has 1 aromatic heterocycles. The molecule has 2 aromatic rings. The number of nitrogens with one attached hydrogen (secondary N) is 2. The van der Waals surface area contributed by atoms with Crippen LogP contribution in [0.2, 0.25) is 5.02 Å². The summed E-state index contributed by atoms with van der Waals surface area (Å²) in [6, 6.07) is 4.30. The van der Waals surface area contributed by atoms with Crippen LogP contribution in [-0.2, 0) is 0 Å². The van der Waals surface area contributed by atoms with Crippen LogP contribution < -0.4 is 5.32 Å². The molecule has 4 heteroatoms. The SMILES string of the molecule is CC.CC.Cc1c(Cl)ccc2[nH]c([C@@H]3CCCN3)nc12. The summed E-state index contributed by atoms with van der Waals surface area (Å²) in [5.74, 6) is 1.04. The van der Waals surface area contributed by atoms with E-state index >= 15 is 0 Å². The molecule has 1 aliphatic rings. The minimum atomic E-state index is 0.380. The average molecular weight is 296 g/mol. The summed E-state index contributed by atoms with van der Waals surface area (Å²) >= 11 is 6.09. The monoisotopic (exact) mass is 295 g/mol. The summed E-state index contributed by atoms with van der Waals surface area (Å²) in [5, 5.41) is 4.22. The van der Waals surface area contributed by atoms with Gasteiger partial charge in [-0.15, -0.1) is 0 Å². The number of H-pyrrole nitrogens is 1. The maximum atomic E-state index is 6.09. The van der Waals surface area contributed by atoms with Gasteiger partial charge in [-0.3, -0.25) is 0 Å². The first-order valence-corrected chi connectivity index (χ1v) is 8.01. The van der Waals surface area contributed by atoms with Gasteiger partial charge in [-0.05, 0) is 44.0 Å². The van der Waals surface area contributed by atoms with Crippen LogP contribution in [0.1, 0.15) is 58.0 Å². The number of rotatable bonds is 1. The summed E-state index contributed by atoms with van der Waals surface area (Å²) in [6.45, 7) is 11.1. The van der Waals surface area contributed by atoms with E-state index in [0.29, 0.717) is 6.04 Å². The van der Waals surface area contributed by atoms with Gasteiger partial charge >= 0.3 is 0 Å². The van der Waals surface area contributed by atoms with Crippen molar-refractivity contribution in [1.29, 1.82) is 0 Å². The Bertz CT molecular complexity index is 528. The third kappa shape index (κ3) is 3.53. The van der Waals surface area contributed by atoms with Crippen molar-refractivity contribution >= 4 is 22.6 Å². The van der Waals surface area contributed by atoms with Crippen molar-refractivity contribution in [3.8, 4) is 0 Å². The number of imidazole rings is 1. The summed E-state index contributed by atoms with van der Waals surface area (Å²) in [5.41, 5.74) is 3.13. The molecule has 2 heterocycles. The van der Waals surface area contributed by atoms with E-state index in [9.17, 15) is 0 Å². The lowest BCUT2D eigenvalue weighted by atomic mass is 10.2. The van der Waals surface area contributed by atoms with E-state index in [1.807, 2.05) is 46.8 Å². The standard InChI is InChI=1S/C12H14ClN3.2C2H6/c1-7-8(13)4-5-9-11(7)16-12(15-9)10-3-2-6-14-10;2*1-2/h4-5,10,14H,2-3,6H2,1H3,(H,15,16);2*1-2H3/t10-;;/m0../s1. The van der Waals surface area contributed by atoms with Crippen molar-refractivity contribution in [3.63, 3.8) is 0 Å². The Morgan fingerprint density at radius 3 is 2.50 bits per heavy atom. The van der Waals surface area contributed by atoms with Crippen LogP contribution in [0.3, 0.4) is 0 Å². The van der Waals surface area contributed by atoms with Crippen molar-refractivity contribution in [2.24, 2.45) is 0 Å². The predicted octanol–water partition coefficient (Wildman–Crippen LogP) is 5.00. The summed E-state index contributed by atoms with van der Waals surface area (Å²) < 4.78 is 0. The van der Waals surface area contributed by atoms with Crippen LogP contribution >= 0.6 is 11.6 Å². The fraction of sp³-hybridized carbons (Fsp3) is 0.562. The van der Waals surface area contributed by atoms with Gasteiger partial charge in [0.15, 0.2) is 0 Å². The molecule has 0 aliphatic carbocycles. The number of nitrogens with zero attached hydrogens (tertiary/aromatic N) is 1. The van der Waals surface area contributed by atoms with Gasteiger partial charge in [0.25, 0.3) is 0 Å². The quantitative estimate of drug-likeness (QED) is 0.777. The Hall–Kier alpha value is -1.06. The van der Waals surface area contributed by atoms with Crippen molar-refractivity contribution in [2.45, 2.75) is 53.5 Å². The highest BCUT2D eigenvalue weighted by Crippen LogP contribution is 2.27. The first-order valence-electron chi connectivity index (χ1n) is 7.64. The lowest BCUT2D eigenvalue weighted by Gasteiger charge is -2.04. The fourth-order valence-electron chi connectivity index (χ4n) is 2.29. The van der Waals surface area contributed by atoms with E-state index in [-0.39, 0.29) is 0 Å². The average Bonchev–Trinajstić information content (AvgIpc) is 3.16. The third-order valence-electron chi connectivity index (χ3n) is 3.25. The Labute approximate surface area is 127 Å². The number of hydrogen-bond donors (Lipinski definition) is 2. The highest BCUT2D eigenvalue weighted by molar-refractivity contribution is 6.32. The van der Waals surface area contributed by atoms with Crippen LogP contribution in [-0.4, -0.2) is 16.5 Å². The largest absolute Gasteiger partial charge is 0.341 e. The van der Waals surface area contributed by atoms with E-state index in [1.165, 1.54) is 6.42 Å². The van der Waals surface area contributed by atoms with E-state index in [4.69, 9.17) is 11.6 Å². The predicted molar refractivity (Wildman–Crippen MR) is 88.5 cm³/mol. The molecule has 0 bridgehead atoms. The van der Waals surface area contributed by atoms with Gasteiger partial charge in [-0.1, -0.05) is 39.3 Å². The van der Waals surface area contributed by atoms with Gasteiger partial charge in [0, 0.05) is 5.02 Å². The number of halogens is 1. The van der Waals surface area contributed by atoms with Crippen LogP contribution in [0.25, 0.3) is 11.0 Å². The van der Waals surface area contributed by atoms with E-state index in [1.54, 1.807) is 0 Å². The maximum absolute atomic E-state index is 6.09. The van der Waals surface area contributed by atoms with Crippen molar-refractivity contribution < 1.29 is 0 Å². The molecule has 3 rings (SSSR count). The number of benzene rings is 1. The number of aromatic nitrogens is 2. The number of fused-ring (bicyclic) bond motifs is 1. The van der Waals surface area contributed by atoms with Crippen molar-refractivity contribution in [1.82, 2.24) is 15.3 Å². The molecule has 0 spiro atoms. The normalized spacial score (nSPS) is 17.2. The van der Waals surface area contributed by atoms with Crippen LogP contribution in [0.15, 0.2) is 12.1 Å². The topological polar surface area (TPSA) is 40.7 Å². The van der Waals surface area contributed by atoms with E-state index in [2.05, 4.69) is 15.3 Å². The second-order valence-electron chi connectivity index (χ2n) is 4.34.